The number of esters is 1. The maximum absolute atomic E-state index is 12.5. The molecule has 0 radical (unpaired) electrons. The van der Waals surface area contributed by atoms with Gasteiger partial charge >= 0.3 is 5.97 Å². The summed E-state index contributed by atoms with van der Waals surface area (Å²) in [5.74, 6) is -0.456. The molecule has 0 spiro atoms. The number of nitrogens with one attached hydrogen (secondary N) is 2. The Morgan fingerprint density at radius 1 is 1.00 bits per heavy atom. The maximum Gasteiger partial charge on any atom is 0.340 e. The Labute approximate surface area is 169 Å². The molecule has 1 amide bonds. The zero-order valence-corrected chi connectivity index (χ0v) is 16.5. The Morgan fingerprint density at radius 3 is 2.45 bits per heavy atom. The SMILES string of the molecule is CCOC(=O)c1ccccc1Nc1ncc(C(=O)Nc2cc(C)ccc2C)cn1. The van der Waals surface area contributed by atoms with Crippen molar-refractivity contribution in [3.8, 4) is 0 Å². The predicted octanol–water partition coefficient (Wildman–Crippen LogP) is 4.27. The van der Waals surface area contributed by atoms with E-state index in [0.717, 1.165) is 16.8 Å². The van der Waals surface area contributed by atoms with Crippen LogP contribution in [0.1, 0.15) is 38.8 Å². The van der Waals surface area contributed by atoms with Crippen LogP contribution in [0.2, 0.25) is 0 Å². The van der Waals surface area contributed by atoms with Crippen molar-refractivity contribution in [1.29, 1.82) is 0 Å². The molecule has 7 nitrogen and oxygen atoms in total. The van der Waals surface area contributed by atoms with Crippen LogP contribution in [-0.2, 0) is 4.74 Å². The molecule has 0 aliphatic heterocycles. The highest BCUT2D eigenvalue weighted by atomic mass is 16.5. The van der Waals surface area contributed by atoms with Crippen LogP contribution in [0, 0.1) is 13.8 Å². The number of para-hydroxylation sites is 1. The average molecular weight is 390 g/mol. The average Bonchev–Trinajstić information content (AvgIpc) is 2.72. The monoisotopic (exact) mass is 390 g/mol. The van der Waals surface area contributed by atoms with Gasteiger partial charge in [-0.1, -0.05) is 24.3 Å². The molecule has 0 saturated carbocycles. The van der Waals surface area contributed by atoms with Gasteiger partial charge in [-0.05, 0) is 50.1 Å². The van der Waals surface area contributed by atoms with E-state index in [1.165, 1.54) is 12.4 Å². The molecule has 29 heavy (non-hydrogen) atoms. The first-order chi connectivity index (χ1) is 14.0. The van der Waals surface area contributed by atoms with Crippen LogP contribution in [0.5, 0.6) is 0 Å². The van der Waals surface area contributed by atoms with Gasteiger partial charge in [0.1, 0.15) is 0 Å². The normalized spacial score (nSPS) is 10.3. The molecule has 2 aromatic carbocycles. The minimum atomic E-state index is -0.430. The van der Waals surface area contributed by atoms with Gasteiger partial charge in [0.2, 0.25) is 5.95 Å². The van der Waals surface area contributed by atoms with E-state index >= 15 is 0 Å². The number of hydrogen-bond donors (Lipinski definition) is 2. The third-order valence-electron chi connectivity index (χ3n) is 4.22. The van der Waals surface area contributed by atoms with Crippen LogP contribution in [0.4, 0.5) is 17.3 Å². The number of aromatic nitrogens is 2. The lowest BCUT2D eigenvalue weighted by Gasteiger charge is -2.11. The van der Waals surface area contributed by atoms with Gasteiger partial charge in [-0.3, -0.25) is 4.79 Å². The van der Waals surface area contributed by atoms with Crippen LogP contribution in [0.25, 0.3) is 0 Å². The molecule has 3 rings (SSSR count). The molecular weight excluding hydrogens is 368 g/mol. The lowest BCUT2D eigenvalue weighted by Crippen LogP contribution is -2.14. The summed E-state index contributed by atoms with van der Waals surface area (Å²) in [5.41, 5.74) is 4.02. The van der Waals surface area contributed by atoms with E-state index < -0.39 is 5.97 Å². The van der Waals surface area contributed by atoms with Gasteiger partial charge in [0, 0.05) is 18.1 Å². The lowest BCUT2D eigenvalue weighted by atomic mass is 10.1. The number of nitrogens with zero attached hydrogens (tertiary/aromatic N) is 2. The molecule has 7 heteroatoms. The van der Waals surface area contributed by atoms with Crippen molar-refractivity contribution in [1.82, 2.24) is 9.97 Å². The molecule has 2 N–H and O–H groups in total. The second kappa shape index (κ2) is 8.97. The molecule has 0 aliphatic rings. The molecule has 0 aliphatic carbocycles. The number of benzene rings is 2. The van der Waals surface area contributed by atoms with E-state index in [-0.39, 0.29) is 18.5 Å². The Kier molecular flexibility index (Phi) is 6.19. The van der Waals surface area contributed by atoms with E-state index in [9.17, 15) is 9.59 Å². The largest absolute Gasteiger partial charge is 0.462 e. The van der Waals surface area contributed by atoms with Gasteiger partial charge in [0.05, 0.1) is 23.4 Å². The Morgan fingerprint density at radius 2 is 1.72 bits per heavy atom. The van der Waals surface area contributed by atoms with Crippen LogP contribution in [0.3, 0.4) is 0 Å². The van der Waals surface area contributed by atoms with E-state index in [1.54, 1.807) is 31.2 Å². The van der Waals surface area contributed by atoms with Crippen molar-refractivity contribution in [3.05, 3.63) is 77.1 Å². The van der Waals surface area contributed by atoms with Crippen molar-refractivity contribution >= 4 is 29.2 Å². The molecule has 0 fully saturated rings. The predicted molar refractivity (Wildman–Crippen MR) is 112 cm³/mol. The van der Waals surface area contributed by atoms with Gasteiger partial charge in [0.15, 0.2) is 0 Å². The summed E-state index contributed by atoms with van der Waals surface area (Å²) in [7, 11) is 0. The Hall–Kier alpha value is -3.74. The Balaban J connectivity index is 1.73. The minimum Gasteiger partial charge on any atom is -0.462 e. The number of hydrogen-bond acceptors (Lipinski definition) is 6. The molecule has 1 heterocycles. The van der Waals surface area contributed by atoms with Crippen molar-refractivity contribution in [2.75, 3.05) is 17.2 Å². The molecule has 0 unspecified atom stereocenters. The summed E-state index contributed by atoms with van der Waals surface area (Å²) in [6, 6.07) is 12.8. The fourth-order valence-electron chi connectivity index (χ4n) is 2.67. The number of rotatable bonds is 6. The first-order valence-electron chi connectivity index (χ1n) is 9.21. The fraction of sp³-hybridized carbons (Fsp3) is 0.182. The van der Waals surface area contributed by atoms with Crippen LogP contribution < -0.4 is 10.6 Å². The summed E-state index contributed by atoms with van der Waals surface area (Å²) in [6.45, 7) is 5.93. The Bertz CT molecular complexity index is 1030. The summed E-state index contributed by atoms with van der Waals surface area (Å²) in [5, 5.41) is 5.86. The molecular formula is C22H22N4O3. The van der Waals surface area contributed by atoms with Gasteiger partial charge < -0.3 is 15.4 Å². The number of ether oxygens (including phenoxy) is 1. The summed E-state index contributed by atoms with van der Waals surface area (Å²) >= 11 is 0. The molecule has 0 atom stereocenters. The second-order valence-electron chi connectivity index (χ2n) is 6.46. The quantitative estimate of drug-likeness (QED) is 0.611. The van der Waals surface area contributed by atoms with Crippen molar-refractivity contribution in [3.63, 3.8) is 0 Å². The number of anilines is 3. The van der Waals surface area contributed by atoms with Crippen molar-refractivity contribution < 1.29 is 14.3 Å². The second-order valence-corrected chi connectivity index (χ2v) is 6.46. The zero-order chi connectivity index (χ0) is 20.8. The number of carbonyl (C=O) groups excluding carboxylic acids is 2. The van der Waals surface area contributed by atoms with Crippen LogP contribution in [0.15, 0.2) is 54.9 Å². The van der Waals surface area contributed by atoms with E-state index in [1.807, 2.05) is 32.0 Å². The third kappa shape index (κ3) is 4.95. The van der Waals surface area contributed by atoms with Gasteiger partial charge in [-0.15, -0.1) is 0 Å². The van der Waals surface area contributed by atoms with Crippen LogP contribution >= 0.6 is 0 Å². The first kappa shape index (κ1) is 20.0. The molecule has 3 aromatic rings. The van der Waals surface area contributed by atoms with Gasteiger partial charge in [-0.25, -0.2) is 14.8 Å². The summed E-state index contributed by atoms with van der Waals surface area (Å²) in [6.07, 6.45) is 2.87. The topological polar surface area (TPSA) is 93.2 Å². The highest BCUT2D eigenvalue weighted by Gasteiger charge is 2.14. The van der Waals surface area contributed by atoms with E-state index in [2.05, 4.69) is 20.6 Å². The zero-order valence-electron chi connectivity index (χ0n) is 16.5. The highest BCUT2D eigenvalue weighted by molar-refractivity contribution is 6.04. The first-order valence-corrected chi connectivity index (χ1v) is 9.21. The highest BCUT2D eigenvalue weighted by Crippen LogP contribution is 2.20. The summed E-state index contributed by atoms with van der Waals surface area (Å²) < 4.78 is 5.06. The molecule has 148 valence electrons. The maximum atomic E-state index is 12.5. The molecule has 0 saturated heterocycles. The molecule has 0 bridgehead atoms. The standard InChI is InChI=1S/C22H22N4O3/c1-4-29-21(28)17-7-5-6-8-18(17)26-22-23-12-16(13-24-22)20(27)25-19-11-14(2)9-10-15(19)3/h5-13H,4H2,1-3H3,(H,25,27)(H,23,24,26). The lowest BCUT2D eigenvalue weighted by molar-refractivity contribution is 0.0527. The van der Waals surface area contributed by atoms with Gasteiger partial charge in [0.25, 0.3) is 5.91 Å². The number of carbonyl (C=O) groups is 2. The molecule has 1 aromatic heterocycles. The van der Waals surface area contributed by atoms with E-state index in [0.29, 0.717) is 16.8 Å². The van der Waals surface area contributed by atoms with Crippen molar-refractivity contribution in [2.24, 2.45) is 0 Å². The number of aryl methyl sites for hydroxylation is 2. The fourth-order valence-corrected chi connectivity index (χ4v) is 2.67. The van der Waals surface area contributed by atoms with Crippen LogP contribution in [-0.4, -0.2) is 28.5 Å². The smallest absolute Gasteiger partial charge is 0.340 e. The van der Waals surface area contributed by atoms with Crippen molar-refractivity contribution in [2.45, 2.75) is 20.8 Å². The van der Waals surface area contributed by atoms with E-state index in [4.69, 9.17) is 4.74 Å². The van der Waals surface area contributed by atoms with Gasteiger partial charge in [-0.2, -0.15) is 0 Å². The third-order valence-corrected chi connectivity index (χ3v) is 4.22. The number of amides is 1. The minimum absolute atomic E-state index is 0.269. The summed E-state index contributed by atoms with van der Waals surface area (Å²) in [4.78, 5) is 32.9.